The molecule has 0 radical (unpaired) electrons. The number of hydrogen-bond acceptors (Lipinski definition) is 9. The van der Waals surface area contributed by atoms with Crippen LogP contribution in [0.1, 0.15) is 113 Å². The summed E-state index contributed by atoms with van der Waals surface area (Å²) in [6.07, 6.45) is 3.90. The maximum Gasteiger partial charge on any atom is 0.303 e. The van der Waals surface area contributed by atoms with Gasteiger partial charge in [0, 0.05) is 37.7 Å². The third-order valence-electron chi connectivity index (χ3n) is 10.8. The molecule has 2 heterocycles. The highest BCUT2D eigenvalue weighted by molar-refractivity contribution is 7.09. The highest BCUT2D eigenvalue weighted by Gasteiger charge is 2.56. The first-order chi connectivity index (χ1) is 24.6. The molecule has 0 bridgehead atoms. The topological polar surface area (TPSA) is 141 Å². The van der Waals surface area contributed by atoms with Crippen molar-refractivity contribution in [1.82, 2.24) is 25.4 Å². The first kappa shape index (κ1) is 40.7. The molecule has 2 aromatic rings. The molecular weight excluding hydrogens is 679 g/mol. The van der Waals surface area contributed by atoms with Crippen molar-refractivity contribution < 1.29 is 29.0 Å². The van der Waals surface area contributed by atoms with Gasteiger partial charge in [-0.1, -0.05) is 84.0 Å². The summed E-state index contributed by atoms with van der Waals surface area (Å²) in [5.74, 6) is -1.46. The van der Waals surface area contributed by atoms with Crippen LogP contribution in [0.2, 0.25) is 0 Å². The van der Waals surface area contributed by atoms with Gasteiger partial charge in [-0.2, -0.15) is 0 Å². The number of thiazole rings is 1. The summed E-state index contributed by atoms with van der Waals surface area (Å²) in [7, 11) is 3.68. The van der Waals surface area contributed by atoms with E-state index < -0.39 is 23.7 Å². The molecule has 52 heavy (non-hydrogen) atoms. The Bertz CT molecular complexity index is 1610. The van der Waals surface area contributed by atoms with Gasteiger partial charge in [0.2, 0.25) is 11.8 Å². The summed E-state index contributed by atoms with van der Waals surface area (Å²) in [5.41, 5.74) is 1.03. The molecule has 1 aliphatic heterocycles. The van der Waals surface area contributed by atoms with Crippen LogP contribution in [0.5, 0.6) is 0 Å². The molecule has 1 saturated heterocycles. The number of aromatic nitrogens is 1. The largest absolute Gasteiger partial charge is 0.508 e. The molecule has 3 unspecified atom stereocenters. The van der Waals surface area contributed by atoms with E-state index in [1.165, 1.54) is 18.3 Å². The summed E-state index contributed by atoms with van der Waals surface area (Å²) in [5, 5.41) is 18.4. The molecule has 4 rings (SSSR count). The van der Waals surface area contributed by atoms with E-state index in [2.05, 4.69) is 33.7 Å². The van der Waals surface area contributed by atoms with Crippen LogP contribution < -0.4 is 10.6 Å². The normalized spacial score (nSPS) is 22.4. The Balaban J connectivity index is 1.53. The van der Waals surface area contributed by atoms with E-state index in [-0.39, 0.29) is 65.4 Å². The Morgan fingerprint density at radius 1 is 1.15 bits per heavy atom. The SMILES string of the molecule is C=C(O)C(=C)CC1(NC(=O)c2csc([C@@H](C[C@H](C(C)C)N(C)C(=O)[C@@H](NC(=O)[C@H]3CCCCN3C)C(C)CC)OC(C)=O)n2)CC1c1ccccc1. The number of rotatable bonds is 17. The van der Waals surface area contributed by atoms with Gasteiger partial charge in [-0.3, -0.25) is 24.1 Å². The van der Waals surface area contributed by atoms with Crippen molar-refractivity contribution in [3.63, 3.8) is 0 Å². The van der Waals surface area contributed by atoms with Crippen LogP contribution in [-0.4, -0.2) is 87.9 Å². The number of carbonyl (C=O) groups is 4. The third-order valence-corrected chi connectivity index (χ3v) is 11.8. The zero-order valence-electron chi connectivity index (χ0n) is 31.8. The molecule has 1 aromatic carbocycles. The molecule has 3 N–H and O–H groups in total. The second kappa shape index (κ2) is 17.7. The van der Waals surface area contributed by atoms with Crippen molar-refractivity contribution in [2.75, 3.05) is 20.6 Å². The van der Waals surface area contributed by atoms with Gasteiger partial charge in [0.25, 0.3) is 5.91 Å². The fourth-order valence-electron chi connectivity index (χ4n) is 7.34. The Morgan fingerprint density at radius 3 is 2.44 bits per heavy atom. The first-order valence-corrected chi connectivity index (χ1v) is 19.3. The molecule has 12 heteroatoms. The molecule has 3 amide bonds. The molecule has 7 atom stereocenters. The number of aliphatic hydroxyl groups is 1. The first-order valence-electron chi connectivity index (χ1n) is 18.4. The highest BCUT2D eigenvalue weighted by atomic mass is 32.1. The van der Waals surface area contributed by atoms with E-state index >= 15 is 0 Å². The number of esters is 1. The fourth-order valence-corrected chi connectivity index (χ4v) is 8.18. The molecule has 284 valence electrons. The standard InChI is InChI=1S/C40H57N5O6S/c1-10-25(4)35(42-37(49)32-18-14-15-19-44(32)8)39(50)45(9)33(24(2)3)20-34(51-28(7)47)38-41-31(23-52-38)36(48)43-40(21-26(5)27(6)46)22-30(40)29-16-12-11-13-17-29/h11-13,16-17,23-25,30,32-35,46H,5-6,10,14-15,18-22H2,1-4,7-9H3,(H,42,49)(H,43,48)/t25?,30?,32-,33-,34-,35+,40?/m1/s1. The lowest BCUT2D eigenvalue weighted by Crippen LogP contribution is -2.58. The molecule has 1 aliphatic carbocycles. The molecule has 1 saturated carbocycles. The number of piperidine rings is 1. The minimum Gasteiger partial charge on any atom is -0.508 e. The lowest BCUT2D eigenvalue weighted by atomic mass is 9.92. The second-order valence-electron chi connectivity index (χ2n) is 15.0. The number of likely N-dealkylation sites (tertiary alicyclic amines) is 1. The molecule has 0 spiro atoms. The fraction of sp³-hybridized carbons (Fsp3) is 0.575. The summed E-state index contributed by atoms with van der Waals surface area (Å²) in [6, 6.07) is 8.52. The van der Waals surface area contributed by atoms with Crippen LogP contribution in [0, 0.1) is 11.8 Å². The van der Waals surface area contributed by atoms with Gasteiger partial charge in [0.15, 0.2) is 6.10 Å². The van der Waals surface area contributed by atoms with Crippen molar-refractivity contribution in [2.45, 2.75) is 115 Å². The molecule has 2 fully saturated rings. The minimum absolute atomic E-state index is 0.0214. The summed E-state index contributed by atoms with van der Waals surface area (Å²) >= 11 is 1.22. The van der Waals surface area contributed by atoms with Crippen LogP contribution in [0.3, 0.4) is 0 Å². The van der Waals surface area contributed by atoms with Crippen LogP contribution >= 0.6 is 11.3 Å². The van der Waals surface area contributed by atoms with Gasteiger partial charge >= 0.3 is 5.97 Å². The number of amides is 3. The molecule has 11 nitrogen and oxygen atoms in total. The van der Waals surface area contributed by atoms with Crippen LogP contribution in [0.25, 0.3) is 0 Å². The predicted molar refractivity (Wildman–Crippen MR) is 204 cm³/mol. The lowest BCUT2D eigenvalue weighted by molar-refractivity contribution is -0.149. The number of hydrogen-bond donors (Lipinski definition) is 3. The van der Waals surface area contributed by atoms with Gasteiger partial charge < -0.3 is 25.4 Å². The van der Waals surface area contributed by atoms with E-state index in [4.69, 9.17) is 4.74 Å². The van der Waals surface area contributed by atoms with E-state index in [1.807, 2.05) is 65.1 Å². The van der Waals surface area contributed by atoms with Crippen LogP contribution in [0.4, 0.5) is 0 Å². The van der Waals surface area contributed by atoms with Gasteiger partial charge in [-0.15, -0.1) is 11.3 Å². The van der Waals surface area contributed by atoms with Crippen molar-refractivity contribution in [3.05, 3.63) is 76.5 Å². The monoisotopic (exact) mass is 735 g/mol. The molecular formula is C40H57N5O6S. The van der Waals surface area contributed by atoms with Gasteiger partial charge in [0.05, 0.1) is 11.6 Å². The zero-order chi connectivity index (χ0) is 38.3. The van der Waals surface area contributed by atoms with Gasteiger partial charge in [0.1, 0.15) is 22.5 Å². The number of aliphatic hydroxyl groups excluding tert-OH is 1. The van der Waals surface area contributed by atoms with Gasteiger partial charge in [-0.25, -0.2) is 4.98 Å². The number of benzene rings is 1. The Kier molecular flexibility index (Phi) is 13.8. The lowest BCUT2D eigenvalue weighted by Gasteiger charge is -2.38. The smallest absolute Gasteiger partial charge is 0.303 e. The van der Waals surface area contributed by atoms with Crippen LogP contribution in [-0.2, 0) is 19.1 Å². The van der Waals surface area contributed by atoms with E-state index in [9.17, 15) is 24.3 Å². The highest BCUT2D eigenvalue weighted by Crippen LogP contribution is 2.55. The van der Waals surface area contributed by atoms with Crippen molar-refractivity contribution in [3.8, 4) is 0 Å². The summed E-state index contributed by atoms with van der Waals surface area (Å²) in [6.45, 7) is 17.7. The maximum atomic E-state index is 14.2. The number of likely N-dealkylation sites (N-methyl/N-ethyl adjacent to an activating group) is 2. The predicted octanol–water partition coefficient (Wildman–Crippen LogP) is 6.31. The Hall–Kier alpha value is -4.03. The average Bonchev–Trinajstić information content (AvgIpc) is 3.56. The Morgan fingerprint density at radius 2 is 1.85 bits per heavy atom. The second-order valence-corrected chi connectivity index (χ2v) is 15.9. The quantitative estimate of drug-likeness (QED) is 0.0976. The van der Waals surface area contributed by atoms with Crippen molar-refractivity contribution in [1.29, 1.82) is 0 Å². The molecule has 2 aliphatic rings. The number of ether oxygens (including phenoxy) is 1. The third kappa shape index (κ3) is 9.89. The molecule has 1 aromatic heterocycles. The number of allylic oxidation sites excluding steroid dienone is 1. The summed E-state index contributed by atoms with van der Waals surface area (Å²) in [4.78, 5) is 62.1. The number of carbonyl (C=O) groups excluding carboxylic acids is 4. The van der Waals surface area contributed by atoms with E-state index in [1.54, 1.807) is 17.3 Å². The maximum absolute atomic E-state index is 14.2. The van der Waals surface area contributed by atoms with Gasteiger partial charge in [-0.05, 0) is 62.2 Å². The number of nitrogens with one attached hydrogen (secondary N) is 2. The van der Waals surface area contributed by atoms with Crippen molar-refractivity contribution in [2.24, 2.45) is 11.8 Å². The minimum atomic E-state index is -0.816. The Labute approximate surface area is 312 Å². The van der Waals surface area contributed by atoms with Crippen molar-refractivity contribution >= 4 is 35.0 Å². The van der Waals surface area contributed by atoms with E-state index in [0.29, 0.717) is 29.8 Å². The number of nitrogens with zero attached hydrogens (tertiary/aromatic N) is 3. The summed E-state index contributed by atoms with van der Waals surface area (Å²) < 4.78 is 5.81. The van der Waals surface area contributed by atoms with Crippen LogP contribution in [0.15, 0.2) is 60.2 Å². The van der Waals surface area contributed by atoms with E-state index in [0.717, 1.165) is 31.4 Å². The average molecular weight is 736 g/mol. The zero-order valence-corrected chi connectivity index (χ0v) is 32.6.